The van der Waals surface area contributed by atoms with Crippen molar-refractivity contribution in [2.24, 2.45) is 0 Å². The van der Waals surface area contributed by atoms with Crippen LogP contribution in [-0.4, -0.2) is 4.57 Å². The Hall–Kier alpha value is -6.64. The first-order chi connectivity index (χ1) is 26.4. The Morgan fingerprint density at radius 3 is 1.83 bits per heavy atom. The van der Waals surface area contributed by atoms with Crippen molar-refractivity contribution in [3.63, 3.8) is 0 Å². The van der Waals surface area contributed by atoms with Crippen molar-refractivity contribution in [2.75, 3.05) is 4.90 Å². The Labute approximate surface area is 318 Å². The quantitative estimate of drug-likeness (QED) is 0.154. The number of benzene rings is 7. The first kappa shape index (κ1) is 33.2. The minimum atomic E-state index is -0.141. The Bertz CT molecular complexity index is 2760. The van der Waals surface area contributed by atoms with Gasteiger partial charge in [-0.05, 0) is 124 Å². The lowest BCUT2D eigenvalue weighted by Gasteiger charge is -2.27. The molecule has 0 aliphatic heterocycles. The fraction of sp³-hybridized carbons (Fsp3) is 0.0769. The number of allylic oxidation sites excluding steroid dienone is 4. The second kappa shape index (κ2) is 13.1. The number of hydrogen-bond acceptors (Lipinski definition) is 1. The van der Waals surface area contributed by atoms with Gasteiger partial charge in [-0.3, -0.25) is 0 Å². The van der Waals surface area contributed by atoms with E-state index in [9.17, 15) is 0 Å². The molecule has 0 unspecified atom stereocenters. The summed E-state index contributed by atoms with van der Waals surface area (Å²) in [4.78, 5) is 2.39. The number of para-hydroxylation sites is 1. The number of aromatic nitrogens is 1. The molecule has 1 aromatic heterocycles. The van der Waals surface area contributed by atoms with Crippen LogP contribution in [0.5, 0.6) is 0 Å². The summed E-state index contributed by atoms with van der Waals surface area (Å²) in [5.74, 6) is 0. The summed E-state index contributed by atoms with van der Waals surface area (Å²) in [7, 11) is 0. The van der Waals surface area contributed by atoms with E-state index in [0.717, 1.165) is 22.7 Å². The second-order valence-corrected chi connectivity index (χ2v) is 14.8. The highest BCUT2D eigenvalue weighted by Crippen LogP contribution is 2.48. The van der Waals surface area contributed by atoms with Crippen molar-refractivity contribution in [1.29, 1.82) is 0 Å². The molecule has 0 atom stereocenters. The monoisotopic (exact) mass is 694 g/mol. The van der Waals surface area contributed by atoms with Crippen molar-refractivity contribution in [3.8, 4) is 27.9 Å². The minimum Gasteiger partial charge on any atom is -0.310 e. The van der Waals surface area contributed by atoms with Crippen molar-refractivity contribution >= 4 is 44.4 Å². The van der Waals surface area contributed by atoms with Gasteiger partial charge in [0.25, 0.3) is 0 Å². The van der Waals surface area contributed by atoms with Gasteiger partial charge in [-0.25, -0.2) is 0 Å². The summed E-state index contributed by atoms with van der Waals surface area (Å²) in [6.07, 6.45) is 3.96. The van der Waals surface area contributed by atoms with E-state index >= 15 is 0 Å². The van der Waals surface area contributed by atoms with E-state index < -0.39 is 0 Å². The Kier molecular flexibility index (Phi) is 8.05. The van der Waals surface area contributed by atoms with Gasteiger partial charge in [0.2, 0.25) is 0 Å². The van der Waals surface area contributed by atoms with E-state index in [2.05, 4.69) is 207 Å². The number of nitrogens with zero attached hydrogens (tertiary/aromatic N) is 2. The van der Waals surface area contributed by atoms with Crippen LogP contribution in [0.15, 0.2) is 195 Å². The van der Waals surface area contributed by atoms with Crippen LogP contribution in [0.3, 0.4) is 0 Å². The third kappa shape index (κ3) is 5.42. The average Bonchev–Trinajstić information content (AvgIpc) is 3.65. The Balaban J connectivity index is 1.19. The van der Waals surface area contributed by atoms with Gasteiger partial charge in [-0.15, -0.1) is 0 Å². The van der Waals surface area contributed by atoms with Gasteiger partial charge in [0.05, 0.1) is 11.0 Å². The number of rotatable bonds is 8. The van der Waals surface area contributed by atoms with Crippen LogP contribution in [0.1, 0.15) is 30.5 Å². The molecule has 2 nitrogen and oxygen atoms in total. The predicted octanol–water partition coefficient (Wildman–Crippen LogP) is 14.3. The largest absolute Gasteiger partial charge is 0.310 e. The molecule has 0 saturated heterocycles. The van der Waals surface area contributed by atoms with E-state index in [4.69, 9.17) is 0 Å². The van der Waals surface area contributed by atoms with Gasteiger partial charge in [0.1, 0.15) is 0 Å². The number of anilines is 3. The van der Waals surface area contributed by atoms with Crippen LogP contribution in [-0.2, 0) is 5.41 Å². The molecule has 0 amide bonds. The molecule has 2 heteroatoms. The molecular formula is C52H42N2. The first-order valence-electron chi connectivity index (χ1n) is 18.7. The third-order valence-electron chi connectivity index (χ3n) is 11.2. The van der Waals surface area contributed by atoms with Gasteiger partial charge in [0, 0.05) is 38.9 Å². The zero-order valence-corrected chi connectivity index (χ0v) is 31.1. The molecule has 0 spiro atoms. The molecule has 54 heavy (non-hydrogen) atoms. The van der Waals surface area contributed by atoms with Gasteiger partial charge in [0.15, 0.2) is 0 Å². The topological polar surface area (TPSA) is 8.17 Å². The molecule has 0 fully saturated rings. The average molecular weight is 695 g/mol. The summed E-state index contributed by atoms with van der Waals surface area (Å²) in [6, 6.07) is 59.7. The molecule has 1 heterocycles. The molecule has 0 bridgehead atoms. The van der Waals surface area contributed by atoms with Crippen LogP contribution in [0.4, 0.5) is 17.1 Å². The van der Waals surface area contributed by atoms with E-state index in [1.54, 1.807) is 0 Å². The van der Waals surface area contributed by atoms with Crippen molar-refractivity contribution in [2.45, 2.75) is 26.2 Å². The van der Waals surface area contributed by atoms with Gasteiger partial charge in [-0.2, -0.15) is 0 Å². The van der Waals surface area contributed by atoms with Crippen molar-refractivity contribution in [1.82, 2.24) is 4.57 Å². The lowest BCUT2D eigenvalue weighted by Crippen LogP contribution is -2.16. The second-order valence-electron chi connectivity index (χ2n) is 14.8. The lowest BCUT2D eigenvalue weighted by molar-refractivity contribution is 0.655. The van der Waals surface area contributed by atoms with Crippen LogP contribution in [0, 0.1) is 6.92 Å². The molecule has 0 N–H and O–H groups in total. The molecule has 0 radical (unpaired) electrons. The summed E-state index contributed by atoms with van der Waals surface area (Å²) in [5, 5.41) is 2.47. The van der Waals surface area contributed by atoms with Crippen LogP contribution in [0.2, 0.25) is 0 Å². The van der Waals surface area contributed by atoms with E-state index in [1.807, 2.05) is 12.2 Å². The highest BCUT2D eigenvalue weighted by Gasteiger charge is 2.35. The molecule has 7 aromatic carbocycles. The first-order valence-corrected chi connectivity index (χ1v) is 18.7. The van der Waals surface area contributed by atoms with Crippen molar-refractivity contribution in [3.05, 3.63) is 211 Å². The fourth-order valence-corrected chi connectivity index (χ4v) is 8.51. The normalized spacial score (nSPS) is 13.3. The zero-order chi connectivity index (χ0) is 37.0. The van der Waals surface area contributed by atoms with E-state index in [0.29, 0.717) is 0 Å². The number of aryl methyl sites for hydroxylation is 1. The number of hydrogen-bond donors (Lipinski definition) is 0. The summed E-state index contributed by atoms with van der Waals surface area (Å²) in [5.41, 5.74) is 17.7. The number of fused-ring (bicyclic) bond motifs is 4. The molecule has 9 rings (SSSR count). The molecular weight excluding hydrogens is 653 g/mol. The maximum atomic E-state index is 4.14. The standard InChI is InChI=1S/C52H42N2/c1-6-44-45-28-24-39(33-49(45)52(4,5)48(44)7-2)37-22-25-41(26-23-37)53(42-20-14-17-38(32-42)36-15-10-8-11-16-36)43-27-30-51-47(34-43)46-31-35(3)21-29-50(46)54(51)40-18-12-9-13-19-40/h6-34H,1-2H2,3-5H3. The summed E-state index contributed by atoms with van der Waals surface area (Å²) < 4.78 is 2.38. The van der Waals surface area contributed by atoms with Crippen LogP contribution < -0.4 is 4.90 Å². The molecule has 1 aliphatic rings. The fourth-order valence-electron chi connectivity index (χ4n) is 8.51. The van der Waals surface area contributed by atoms with E-state index in [1.165, 1.54) is 71.9 Å². The maximum absolute atomic E-state index is 4.14. The van der Waals surface area contributed by atoms with Crippen LogP contribution in [0.25, 0.3) is 55.3 Å². The van der Waals surface area contributed by atoms with Gasteiger partial charge >= 0.3 is 0 Å². The molecule has 260 valence electrons. The third-order valence-corrected chi connectivity index (χ3v) is 11.2. The van der Waals surface area contributed by atoms with E-state index in [-0.39, 0.29) is 5.41 Å². The molecule has 8 aromatic rings. The zero-order valence-electron chi connectivity index (χ0n) is 31.1. The van der Waals surface area contributed by atoms with Gasteiger partial charge in [-0.1, -0.05) is 136 Å². The Morgan fingerprint density at radius 1 is 0.519 bits per heavy atom. The molecule has 0 saturated carbocycles. The predicted molar refractivity (Wildman–Crippen MR) is 231 cm³/mol. The van der Waals surface area contributed by atoms with Gasteiger partial charge < -0.3 is 9.47 Å². The lowest BCUT2D eigenvalue weighted by atomic mass is 9.80. The smallest absolute Gasteiger partial charge is 0.0542 e. The SMILES string of the molecule is C=CC1=C(C=C)C(C)(C)c2cc(-c3ccc(N(c4cccc(-c5ccccc5)c4)c4ccc5c(c4)c4cc(C)ccc4n5-c4ccccc4)cc3)ccc21. The minimum absolute atomic E-state index is 0.141. The summed E-state index contributed by atoms with van der Waals surface area (Å²) >= 11 is 0. The highest BCUT2D eigenvalue weighted by atomic mass is 15.1. The maximum Gasteiger partial charge on any atom is 0.0542 e. The van der Waals surface area contributed by atoms with Crippen LogP contribution >= 0.6 is 0 Å². The van der Waals surface area contributed by atoms with Crippen molar-refractivity contribution < 1.29 is 0 Å². The molecule has 1 aliphatic carbocycles. The Morgan fingerprint density at radius 2 is 1.11 bits per heavy atom. The summed E-state index contributed by atoms with van der Waals surface area (Å²) in [6.45, 7) is 15.0. The highest BCUT2D eigenvalue weighted by molar-refractivity contribution is 6.11.